The lowest BCUT2D eigenvalue weighted by atomic mass is 10.1. The lowest BCUT2D eigenvalue weighted by Crippen LogP contribution is -2.08. The Morgan fingerprint density at radius 1 is 1.09 bits per heavy atom. The van der Waals surface area contributed by atoms with Crippen molar-refractivity contribution in [2.45, 2.75) is 33.5 Å². The molecule has 5 aromatic rings. The first kappa shape index (κ1) is 21.5. The van der Waals surface area contributed by atoms with E-state index in [1.165, 1.54) is 12.4 Å². The Hall–Kier alpha value is -4.34. The van der Waals surface area contributed by atoms with Gasteiger partial charge in [-0.2, -0.15) is 10.2 Å². The fourth-order valence-corrected chi connectivity index (χ4v) is 4.01. The van der Waals surface area contributed by atoms with Crippen molar-refractivity contribution in [3.05, 3.63) is 89.0 Å². The van der Waals surface area contributed by atoms with E-state index in [0.29, 0.717) is 42.5 Å². The molecular formula is C24H24FN9. The van der Waals surface area contributed by atoms with Crippen LogP contribution in [0, 0.1) is 19.7 Å². The van der Waals surface area contributed by atoms with Crippen molar-refractivity contribution in [3.8, 4) is 0 Å². The van der Waals surface area contributed by atoms with Crippen molar-refractivity contribution in [2.24, 2.45) is 0 Å². The number of nitrogens with one attached hydrogen (secondary N) is 1. The maximum atomic E-state index is 14.6. The minimum Gasteiger partial charge on any atom is -0.384 e. The van der Waals surface area contributed by atoms with Crippen molar-refractivity contribution in [1.29, 1.82) is 0 Å². The van der Waals surface area contributed by atoms with Gasteiger partial charge in [0.25, 0.3) is 0 Å². The number of pyridine rings is 1. The second kappa shape index (κ2) is 8.89. The highest BCUT2D eigenvalue weighted by Crippen LogP contribution is 2.22. The van der Waals surface area contributed by atoms with E-state index >= 15 is 0 Å². The summed E-state index contributed by atoms with van der Waals surface area (Å²) in [5.41, 5.74) is 10.8. The van der Waals surface area contributed by atoms with Gasteiger partial charge in [0.15, 0.2) is 5.65 Å². The third-order valence-electron chi connectivity index (χ3n) is 5.72. The van der Waals surface area contributed by atoms with Crippen LogP contribution in [0.4, 0.5) is 16.0 Å². The molecule has 10 heteroatoms. The number of nitrogens with two attached hydrogens (primary N) is 1. The van der Waals surface area contributed by atoms with Crippen LogP contribution < -0.4 is 11.1 Å². The van der Waals surface area contributed by atoms with Gasteiger partial charge in [-0.05, 0) is 48.7 Å². The minimum absolute atomic E-state index is 0.269. The Labute approximate surface area is 195 Å². The monoisotopic (exact) mass is 457 g/mol. The molecule has 3 N–H and O–H groups in total. The molecule has 0 saturated carbocycles. The smallest absolute Gasteiger partial charge is 0.186 e. The molecule has 0 spiro atoms. The van der Waals surface area contributed by atoms with Gasteiger partial charge in [0.05, 0.1) is 18.5 Å². The molecule has 9 nitrogen and oxygen atoms in total. The van der Waals surface area contributed by atoms with E-state index in [1.54, 1.807) is 21.6 Å². The van der Waals surface area contributed by atoms with Gasteiger partial charge in [-0.1, -0.05) is 12.1 Å². The summed E-state index contributed by atoms with van der Waals surface area (Å²) < 4.78 is 18.1. The summed E-state index contributed by atoms with van der Waals surface area (Å²) in [4.78, 5) is 13.0. The van der Waals surface area contributed by atoms with Crippen LogP contribution in [0.1, 0.15) is 27.9 Å². The van der Waals surface area contributed by atoms with Crippen molar-refractivity contribution in [2.75, 3.05) is 11.1 Å². The Morgan fingerprint density at radius 2 is 1.97 bits per heavy atom. The van der Waals surface area contributed by atoms with Gasteiger partial charge in [0, 0.05) is 36.4 Å². The standard InChI is InChI=1S/C24H24FN9/c1-15-8-22(26)31-16(2)19(15)10-27-23-20-13-34(32-24(20)29-14-28-23)11-17-4-5-18(21(25)9-17)12-33-7-3-6-30-33/h3-9,13-14H,10-12H2,1-2H3,(H2,26,31)(H,27,28,29,32). The van der Waals surface area contributed by atoms with E-state index in [4.69, 9.17) is 5.73 Å². The average Bonchev–Trinajstić information content (AvgIpc) is 3.44. The Kier molecular flexibility index (Phi) is 5.62. The predicted molar refractivity (Wildman–Crippen MR) is 128 cm³/mol. The number of hydrogen-bond donors (Lipinski definition) is 2. The van der Waals surface area contributed by atoms with E-state index in [2.05, 4.69) is 30.5 Å². The van der Waals surface area contributed by atoms with Gasteiger partial charge in [-0.25, -0.2) is 19.3 Å². The zero-order valence-corrected chi connectivity index (χ0v) is 18.9. The maximum absolute atomic E-state index is 14.6. The molecule has 0 saturated heterocycles. The molecule has 4 aromatic heterocycles. The Bertz CT molecular complexity index is 1430. The molecule has 0 aliphatic rings. The third-order valence-corrected chi connectivity index (χ3v) is 5.72. The van der Waals surface area contributed by atoms with Crippen LogP contribution in [-0.2, 0) is 19.6 Å². The Morgan fingerprint density at radius 3 is 2.74 bits per heavy atom. The second-order valence-electron chi connectivity index (χ2n) is 8.20. The maximum Gasteiger partial charge on any atom is 0.186 e. The molecule has 0 atom stereocenters. The number of aryl methyl sites for hydroxylation is 2. The van der Waals surface area contributed by atoms with Gasteiger partial charge in [-0.3, -0.25) is 9.36 Å². The highest BCUT2D eigenvalue weighted by molar-refractivity contribution is 5.85. The fraction of sp³-hybridized carbons (Fsp3) is 0.208. The molecule has 5 rings (SSSR count). The molecule has 0 unspecified atom stereocenters. The van der Waals surface area contributed by atoms with E-state index < -0.39 is 0 Å². The van der Waals surface area contributed by atoms with E-state index in [-0.39, 0.29) is 5.82 Å². The molecule has 34 heavy (non-hydrogen) atoms. The Balaban J connectivity index is 1.34. The van der Waals surface area contributed by atoms with Crippen LogP contribution in [0.2, 0.25) is 0 Å². The average molecular weight is 458 g/mol. The first-order valence-electron chi connectivity index (χ1n) is 10.9. The van der Waals surface area contributed by atoms with E-state index in [1.807, 2.05) is 44.4 Å². The molecule has 0 aliphatic heterocycles. The zero-order chi connectivity index (χ0) is 23.7. The number of rotatable bonds is 7. The summed E-state index contributed by atoms with van der Waals surface area (Å²) in [5.74, 6) is 0.914. The predicted octanol–water partition coefficient (Wildman–Crippen LogP) is 3.46. The van der Waals surface area contributed by atoms with Crippen molar-refractivity contribution < 1.29 is 4.39 Å². The molecule has 0 bridgehead atoms. The number of nitrogens with zero attached hydrogens (tertiary/aromatic N) is 7. The quantitative estimate of drug-likeness (QED) is 0.385. The lowest BCUT2D eigenvalue weighted by molar-refractivity contribution is 0.580. The number of anilines is 2. The lowest BCUT2D eigenvalue weighted by Gasteiger charge is -2.12. The van der Waals surface area contributed by atoms with E-state index in [0.717, 1.165) is 27.8 Å². The molecular weight excluding hydrogens is 433 g/mol. The summed E-state index contributed by atoms with van der Waals surface area (Å²) in [7, 11) is 0. The summed E-state index contributed by atoms with van der Waals surface area (Å²) >= 11 is 0. The van der Waals surface area contributed by atoms with Crippen molar-refractivity contribution >= 4 is 22.7 Å². The van der Waals surface area contributed by atoms with Gasteiger partial charge >= 0.3 is 0 Å². The van der Waals surface area contributed by atoms with Crippen LogP contribution >= 0.6 is 0 Å². The molecule has 0 aliphatic carbocycles. The van der Waals surface area contributed by atoms with Gasteiger partial charge < -0.3 is 11.1 Å². The number of nitrogen functional groups attached to an aromatic ring is 1. The highest BCUT2D eigenvalue weighted by atomic mass is 19.1. The number of fused-ring (bicyclic) bond motifs is 1. The fourth-order valence-electron chi connectivity index (χ4n) is 4.01. The van der Waals surface area contributed by atoms with Gasteiger partial charge in [-0.15, -0.1) is 0 Å². The number of hydrogen-bond acceptors (Lipinski definition) is 7. The number of halogens is 1. The van der Waals surface area contributed by atoms with E-state index in [9.17, 15) is 4.39 Å². The summed E-state index contributed by atoms with van der Waals surface area (Å²) in [6.45, 7) is 5.29. The summed E-state index contributed by atoms with van der Waals surface area (Å²) in [6.07, 6.45) is 6.83. The largest absolute Gasteiger partial charge is 0.384 e. The van der Waals surface area contributed by atoms with Gasteiger partial charge in [0.1, 0.15) is 23.8 Å². The van der Waals surface area contributed by atoms with Crippen LogP contribution in [0.25, 0.3) is 11.0 Å². The first-order chi connectivity index (χ1) is 16.5. The van der Waals surface area contributed by atoms with Crippen molar-refractivity contribution in [3.63, 3.8) is 0 Å². The third kappa shape index (κ3) is 4.42. The van der Waals surface area contributed by atoms with Crippen LogP contribution in [-0.4, -0.2) is 34.5 Å². The van der Waals surface area contributed by atoms with Gasteiger partial charge in [0.2, 0.25) is 0 Å². The molecule has 0 radical (unpaired) electrons. The molecule has 4 heterocycles. The number of aromatic nitrogens is 7. The molecule has 172 valence electrons. The summed E-state index contributed by atoms with van der Waals surface area (Å²) in [5, 5.41) is 12.8. The first-order valence-corrected chi connectivity index (χ1v) is 10.9. The van der Waals surface area contributed by atoms with Crippen LogP contribution in [0.15, 0.2) is 55.2 Å². The SMILES string of the molecule is Cc1cc(N)nc(C)c1CNc1ncnc2nn(Cc3ccc(Cn4cccn4)c(F)c3)cc12. The normalized spacial score (nSPS) is 11.3. The number of benzene rings is 1. The van der Waals surface area contributed by atoms with Crippen LogP contribution in [0.5, 0.6) is 0 Å². The molecule has 0 fully saturated rings. The molecule has 0 amide bonds. The zero-order valence-electron chi connectivity index (χ0n) is 18.9. The minimum atomic E-state index is -0.269. The highest BCUT2D eigenvalue weighted by Gasteiger charge is 2.12. The summed E-state index contributed by atoms with van der Waals surface area (Å²) in [6, 6.07) is 8.90. The second-order valence-corrected chi connectivity index (χ2v) is 8.20. The molecule has 1 aromatic carbocycles. The van der Waals surface area contributed by atoms with Crippen molar-refractivity contribution in [1.82, 2.24) is 34.5 Å². The topological polar surface area (TPSA) is 112 Å². The van der Waals surface area contributed by atoms with Crippen LogP contribution in [0.3, 0.4) is 0 Å².